The van der Waals surface area contributed by atoms with Crippen LogP contribution in [-0.4, -0.2) is 23.3 Å². The van der Waals surface area contributed by atoms with E-state index in [-0.39, 0.29) is 12.5 Å². The zero-order valence-electron chi connectivity index (χ0n) is 8.84. The summed E-state index contributed by atoms with van der Waals surface area (Å²) < 4.78 is 4.97. The number of nitrogens with zero attached hydrogens (tertiary/aromatic N) is 1. The Labute approximate surface area is 93.1 Å². The van der Waals surface area contributed by atoms with Crippen LogP contribution in [0.5, 0.6) is 0 Å². The van der Waals surface area contributed by atoms with Gasteiger partial charge >= 0.3 is 5.97 Å². The van der Waals surface area contributed by atoms with Crippen LogP contribution in [0.15, 0.2) is 36.2 Å². The third kappa shape index (κ3) is 2.11. The molecule has 0 aliphatic carbocycles. The van der Waals surface area contributed by atoms with Crippen molar-refractivity contribution in [1.29, 1.82) is 0 Å². The van der Waals surface area contributed by atoms with Crippen molar-refractivity contribution in [3.8, 4) is 0 Å². The average Bonchev–Trinajstić information content (AvgIpc) is 2.61. The SMILES string of the molecule is CC(=O)N1CC(=O)O/C1=C/c1ccccc1. The molecule has 16 heavy (non-hydrogen) atoms. The highest BCUT2D eigenvalue weighted by atomic mass is 16.6. The summed E-state index contributed by atoms with van der Waals surface area (Å²) in [5.74, 6) is -0.311. The summed E-state index contributed by atoms with van der Waals surface area (Å²) in [6.07, 6.45) is 1.67. The number of rotatable bonds is 1. The molecule has 1 aromatic carbocycles. The first kappa shape index (κ1) is 10.4. The van der Waals surface area contributed by atoms with Gasteiger partial charge in [0.15, 0.2) is 0 Å². The number of ether oxygens (including phenoxy) is 1. The van der Waals surface area contributed by atoms with Crippen molar-refractivity contribution in [1.82, 2.24) is 4.90 Å². The second kappa shape index (κ2) is 4.18. The van der Waals surface area contributed by atoms with E-state index in [1.807, 2.05) is 30.3 Å². The van der Waals surface area contributed by atoms with Crippen molar-refractivity contribution in [2.75, 3.05) is 6.54 Å². The van der Waals surface area contributed by atoms with Gasteiger partial charge in [-0.3, -0.25) is 9.69 Å². The predicted octanol–water partition coefficient (Wildman–Crippen LogP) is 1.39. The van der Waals surface area contributed by atoms with E-state index < -0.39 is 5.97 Å². The van der Waals surface area contributed by atoms with Gasteiger partial charge in [0.1, 0.15) is 6.54 Å². The van der Waals surface area contributed by atoms with Crippen molar-refractivity contribution in [2.45, 2.75) is 6.92 Å². The van der Waals surface area contributed by atoms with Crippen molar-refractivity contribution < 1.29 is 14.3 Å². The van der Waals surface area contributed by atoms with E-state index in [0.717, 1.165) is 5.56 Å². The Bertz CT molecular complexity index is 451. The van der Waals surface area contributed by atoms with E-state index in [0.29, 0.717) is 5.88 Å². The number of hydrogen-bond donors (Lipinski definition) is 0. The normalized spacial score (nSPS) is 17.7. The van der Waals surface area contributed by atoms with Gasteiger partial charge in [-0.05, 0) is 5.56 Å². The molecule has 0 bridgehead atoms. The lowest BCUT2D eigenvalue weighted by Crippen LogP contribution is -2.24. The topological polar surface area (TPSA) is 46.6 Å². The molecular weight excluding hydrogens is 206 g/mol. The molecule has 0 saturated carbocycles. The van der Waals surface area contributed by atoms with Crippen molar-refractivity contribution in [3.63, 3.8) is 0 Å². The van der Waals surface area contributed by atoms with E-state index >= 15 is 0 Å². The van der Waals surface area contributed by atoms with Crippen LogP contribution in [0, 0.1) is 0 Å². The van der Waals surface area contributed by atoms with Crippen molar-refractivity contribution in [2.24, 2.45) is 0 Å². The maximum Gasteiger partial charge on any atom is 0.332 e. The molecule has 1 heterocycles. The molecule has 0 radical (unpaired) electrons. The molecule has 1 aliphatic heterocycles. The molecule has 82 valence electrons. The largest absolute Gasteiger partial charge is 0.408 e. The van der Waals surface area contributed by atoms with Crippen LogP contribution in [0.4, 0.5) is 0 Å². The minimum atomic E-state index is -0.405. The molecule has 0 N–H and O–H groups in total. The summed E-state index contributed by atoms with van der Waals surface area (Å²) in [7, 11) is 0. The van der Waals surface area contributed by atoms with Gasteiger partial charge in [0, 0.05) is 13.0 Å². The Kier molecular flexibility index (Phi) is 2.72. The summed E-state index contributed by atoms with van der Waals surface area (Å²) in [6, 6.07) is 9.39. The van der Waals surface area contributed by atoms with Gasteiger partial charge in [-0.1, -0.05) is 30.3 Å². The van der Waals surface area contributed by atoms with Gasteiger partial charge in [-0.15, -0.1) is 0 Å². The van der Waals surface area contributed by atoms with Crippen molar-refractivity contribution >= 4 is 18.0 Å². The first-order valence-corrected chi connectivity index (χ1v) is 4.92. The second-order valence-electron chi connectivity index (χ2n) is 3.47. The lowest BCUT2D eigenvalue weighted by Gasteiger charge is -2.10. The minimum absolute atomic E-state index is 0.00595. The van der Waals surface area contributed by atoms with Gasteiger partial charge in [0.05, 0.1) is 0 Å². The smallest absolute Gasteiger partial charge is 0.332 e. The predicted molar refractivity (Wildman–Crippen MR) is 57.9 cm³/mol. The number of cyclic esters (lactones) is 1. The van der Waals surface area contributed by atoms with Crippen LogP contribution in [-0.2, 0) is 14.3 Å². The second-order valence-corrected chi connectivity index (χ2v) is 3.47. The molecule has 1 aliphatic rings. The molecule has 1 aromatic rings. The fourth-order valence-electron chi connectivity index (χ4n) is 1.48. The Balaban J connectivity index is 2.29. The molecule has 0 spiro atoms. The van der Waals surface area contributed by atoms with Crippen LogP contribution in [0.25, 0.3) is 6.08 Å². The average molecular weight is 217 g/mol. The lowest BCUT2D eigenvalue weighted by atomic mass is 10.2. The highest BCUT2D eigenvalue weighted by molar-refractivity contribution is 5.87. The highest BCUT2D eigenvalue weighted by Gasteiger charge is 2.28. The van der Waals surface area contributed by atoms with Crippen molar-refractivity contribution in [3.05, 3.63) is 41.8 Å². The summed E-state index contributed by atoms with van der Waals surface area (Å²) in [5, 5.41) is 0. The molecule has 0 atom stereocenters. The molecule has 1 fully saturated rings. The fraction of sp³-hybridized carbons (Fsp3) is 0.167. The summed E-state index contributed by atoms with van der Waals surface area (Å²) in [6.45, 7) is 1.40. The van der Waals surface area contributed by atoms with Crippen LogP contribution in [0.1, 0.15) is 12.5 Å². The van der Waals surface area contributed by atoms with E-state index in [1.54, 1.807) is 6.08 Å². The number of carbonyl (C=O) groups excluding carboxylic acids is 2. The summed E-state index contributed by atoms with van der Waals surface area (Å²) in [4.78, 5) is 23.7. The third-order valence-corrected chi connectivity index (χ3v) is 2.24. The van der Waals surface area contributed by atoms with Gasteiger partial charge in [0.25, 0.3) is 0 Å². The van der Waals surface area contributed by atoms with Crippen LogP contribution in [0.2, 0.25) is 0 Å². The van der Waals surface area contributed by atoms with E-state index in [4.69, 9.17) is 4.74 Å². The minimum Gasteiger partial charge on any atom is -0.408 e. The Morgan fingerprint density at radius 2 is 2.06 bits per heavy atom. The zero-order valence-corrected chi connectivity index (χ0v) is 8.84. The Morgan fingerprint density at radius 3 is 2.69 bits per heavy atom. The molecule has 1 saturated heterocycles. The van der Waals surface area contributed by atoms with Crippen LogP contribution in [0.3, 0.4) is 0 Å². The molecule has 4 nitrogen and oxygen atoms in total. The molecule has 4 heteroatoms. The van der Waals surface area contributed by atoms with E-state index in [9.17, 15) is 9.59 Å². The zero-order chi connectivity index (χ0) is 11.5. The lowest BCUT2D eigenvalue weighted by molar-refractivity contribution is -0.134. The van der Waals surface area contributed by atoms with E-state index in [1.165, 1.54) is 11.8 Å². The monoisotopic (exact) mass is 217 g/mol. The standard InChI is InChI=1S/C12H11NO3/c1-9(14)13-8-12(15)16-11(13)7-10-5-3-2-4-6-10/h2-7H,8H2,1H3/b11-7+. The highest BCUT2D eigenvalue weighted by Crippen LogP contribution is 2.18. The summed E-state index contributed by atoms with van der Waals surface area (Å²) >= 11 is 0. The molecule has 0 aromatic heterocycles. The Morgan fingerprint density at radius 1 is 1.38 bits per heavy atom. The van der Waals surface area contributed by atoms with Crippen LogP contribution >= 0.6 is 0 Å². The molecule has 2 rings (SSSR count). The van der Waals surface area contributed by atoms with Gasteiger partial charge in [-0.25, -0.2) is 4.79 Å². The van der Waals surface area contributed by atoms with Gasteiger partial charge < -0.3 is 4.74 Å². The number of benzene rings is 1. The first-order chi connectivity index (χ1) is 7.66. The third-order valence-electron chi connectivity index (χ3n) is 2.24. The van der Waals surface area contributed by atoms with Gasteiger partial charge in [0.2, 0.25) is 11.8 Å². The number of hydrogen-bond acceptors (Lipinski definition) is 3. The molecular formula is C12H11NO3. The number of amides is 1. The quantitative estimate of drug-likeness (QED) is 0.668. The molecule has 0 unspecified atom stereocenters. The number of esters is 1. The van der Waals surface area contributed by atoms with E-state index in [2.05, 4.69) is 0 Å². The maximum atomic E-state index is 11.2. The number of carbonyl (C=O) groups is 2. The van der Waals surface area contributed by atoms with Crippen LogP contribution < -0.4 is 0 Å². The fourth-order valence-corrected chi connectivity index (χ4v) is 1.48. The first-order valence-electron chi connectivity index (χ1n) is 4.92. The van der Waals surface area contributed by atoms with Gasteiger partial charge in [-0.2, -0.15) is 0 Å². The maximum absolute atomic E-state index is 11.2. The molecule has 1 amide bonds. The summed E-state index contributed by atoms with van der Waals surface area (Å²) in [5.41, 5.74) is 0.887. The Hall–Kier alpha value is -2.10.